The lowest BCUT2D eigenvalue weighted by Crippen LogP contribution is -2.48. The fraction of sp³-hybridized carbons (Fsp3) is 0.368. The van der Waals surface area contributed by atoms with E-state index in [1.54, 1.807) is 24.5 Å². The minimum absolute atomic E-state index is 0.0490. The first kappa shape index (κ1) is 17.3. The van der Waals surface area contributed by atoms with Gasteiger partial charge in [-0.2, -0.15) is 0 Å². The molecule has 1 fully saturated rings. The smallest absolute Gasteiger partial charge is 0.408 e. The summed E-state index contributed by atoms with van der Waals surface area (Å²) < 4.78 is 6.70. The van der Waals surface area contributed by atoms with Gasteiger partial charge in [0.25, 0.3) is 0 Å². The van der Waals surface area contributed by atoms with Gasteiger partial charge in [-0.15, -0.1) is 0 Å². The fourth-order valence-corrected chi connectivity index (χ4v) is 3.47. The molecule has 1 aliphatic heterocycles. The molecule has 1 aromatic carbocycles. The average Bonchev–Trinajstić information content (AvgIpc) is 3.02. The number of aryl methyl sites for hydroxylation is 1. The predicted molar refractivity (Wildman–Crippen MR) is 101 cm³/mol. The van der Waals surface area contributed by atoms with Crippen molar-refractivity contribution in [1.29, 1.82) is 0 Å². The van der Waals surface area contributed by atoms with Crippen LogP contribution in [0.4, 0.5) is 5.95 Å². The minimum atomic E-state index is -0.436. The zero-order chi connectivity index (χ0) is 18.6. The number of carbonyl (C=O) groups is 1. The van der Waals surface area contributed by atoms with Gasteiger partial charge >= 0.3 is 5.76 Å². The fourth-order valence-electron chi connectivity index (χ4n) is 3.47. The maximum absolute atomic E-state index is 12.4. The topological polar surface area (TPSA) is 93.3 Å². The molecule has 1 atom stereocenters. The molecular formula is C19H21N5O3. The van der Waals surface area contributed by atoms with Crippen LogP contribution in [0.3, 0.4) is 0 Å². The first-order valence-electron chi connectivity index (χ1n) is 9.10. The molecule has 1 saturated heterocycles. The van der Waals surface area contributed by atoms with Crippen molar-refractivity contribution in [2.45, 2.75) is 31.8 Å². The van der Waals surface area contributed by atoms with Crippen LogP contribution in [0.15, 0.2) is 51.9 Å². The van der Waals surface area contributed by atoms with Crippen molar-refractivity contribution in [3.05, 3.63) is 53.3 Å². The Hall–Kier alpha value is -3.16. The molecule has 27 heavy (non-hydrogen) atoms. The van der Waals surface area contributed by atoms with E-state index in [-0.39, 0.29) is 18.4 Å². The summed E-state index contributed by atoms with van der Waals surface area (Å²) in [5.41, 5.74) is 1.24. The van der Waals surface area contributed by atoms with Gasteiger partial charge < -0.3 is 14.6 Å². The molecule has 0 spiro atoms. The van der Waals surface area contributed by atoms with Crippen molar-refractivity contribution in [3.63, 3.8) is 0 Å². The van der Waals surface area contributed by atoms with Crippen molar-refractivity contribution in [3.8, 4) is 0 Å². The minimum Gasteiger partial charge on any atom is -0.408 e. The third-order valence-corrected chi connectivity index (χ3v) is 4.76. The summed E-state index contributed by atoms with van der Waals surface area (Å²) in [6.07, 6.45) is 5.55. The third kappa shape index (κ3) is 3.84. The standard InChI is InChI=1S/C19H21N5O3/c25-17(8-12-24-15-6-1-2-7-16(15)27-19(24)26)22-14-5-3-11-23(13-14)18-20-9-4-10-21-18/h1-2,4,6-7,9-10,14H,3,5,8,11-13H2,(H,22,25). The lowest BCUT2D eigenvalue weighted by atomic mass is 10.1. The molecule has 0 saturated carbocycles. The van der Waals surface area contributed by atoms with E-state index >= 15 is 0 Å². The molecule has 0 bridgehead atoms. The SMILES string of the molecule is O=C(CCn1c(=O)oc2ccccc21)NC1CCCN(c2ncccn2)C1. The summed E-state index contributed by atoms with van der Waals surface area (Å²) in [7, 11) is 0. The lowest BCUT2D eigenvalue weighted by Gasteiger charge is -2.33. The Kier molecular flexibility index (Phi) is 4.86. The van der Waals surface area contributed by atoms with Crippen LogP contribution in [0.2, 0.25) is 0 Å². The Morgan fingerprint density at radius 3 is 2.89 bits per heavy atom. The maximum atomic E-state index is 12.4. The quantitative estimate of drug-likeness (QED) is 0.736. The van der Waals surface area contributed by atoms with Gasteiger partial charge in [0.15, 0.2) is 5.58 Å². The Morgan fingerprint density at radius 1 is 1.22 bits per heavy atom. The molecule has 8 heteroatoms. The van der Waals surface area contributed by atoms with E-state index in [9.17, 15) is 9.59 Å². The molecule has 0 radical (unpaired) electrons. The molecule has 8 nitrogen and oxygen atoms in total. The Morgan fingerprint density at radius 2 is 2.04 bits per heavy atom. The van der Waals surface area contributed by atoms with Gasteiger partial charge in [0.1, 0.15) is 0 Å². The summed E-state index contributed by atoms with van der Waals surface area (Å²) in [6.45, 7) is 1.86. The molecule has 1 aliphatic rings. The molecule has 1 N–H and O–H groups in total. The Labute approximate surface area is 155 Å². The molecule has 3 aromatic rings. The number of fused-ring (bicyclic) bond motifs is 1. The highest BCUT2D eigenvalue weighted by molar-refractivity contribution is 5.77. The van der Waals surface area contributed by atoms with Crippen LogP contribution in [0.5, 0.6) is 0 Å². The number of amides is 1. The number of hydrogen-bond donors (Lipinski definition) is 1. The zero-order valence-electron chi connectivity index (χ0n) is 14.9. The first-order valence-corrected chi connectivity index (χ1v) is 9.10. The van der Waals surface area contributed by atoms with Crippen molar-refractivity contribution >= 4 is 23.0 Å². The second-order valence-electron chi connectivity index (χ2n) is 6.64. The van der Waals surface area contributed by atoms with Crippen molar-refractivity contribution in [2.24, 2.45) is 0 Å². The van der Waals surface area contributed by atoms with E-state index in [4.69, 9.17) is 4.42 Å². The summed E-state index contributed by atoms with van der Waals surface area (Å²) in [5, 5.41) is 3.07. The number of nitrogens with one attached hydrogen (secondary N) is 1. The Balaban J connectivity index is 1.35. The number of carbonyl (C=O) groups excluding carboxylic acids is 1. The van der Waals surface area contributed by atoms with E-state index in [2.05, 4.69) is 20.2 Å². The first-order chi connectivity index (χ1) is 13.2. The van der Waals surface area contributed by atoms with Crippen LogP contribution in [-0.2, 0) is 11.3 Å². The van der Waals surface area contributed by atoms with Crippen LogP contribution in [0, 0.1) is 0 Å². The molecule has 1 unspecified atom stereocenters. The van der Waals surface area contributed by atoms with Gasteiger partial charge in [-0.3, -0.25) is 9.36 Å². The molecule has 4 rings (SSSR count). The second kappa shape index (κ2) is 7.61. The van der Waals surface area contributed by atoms with E-state index < -0.39 is 5.76 Å². The van der Waals surface area contributed by atoms with Crippen LogP contribution >= 0.6 is 0 Å². The van der Waals surface area contributed by atoms with Gasteiger partial charge in [0, 0.05) is 44.5 Å². The zero-order valence-corrected chi connectivity index (χ0v) is 14.9. The molecule has 2 aromatic heterocycles. The third-order valence-electron chi connectivity index (χ3n) is 4.76. The normalized spacial score (nSPS) is 17.2. The number of anilines is 1. The van der Waals surface area contributed by atoms with Gasteiger partial charge in [0.2, 0.25) is 11.9 Å². The number of piperidine rings is 1. The lowest BCUT2D eigenvalue weighted by molar-refractivity contribution is -0.122. The van der Waals surface area contributed by atoms with Crippen molar-refractivity contribution < 1.29 is 9.21 Å². The van der Waals surface area contributed by atoms with E-state index in [0.717, 1.165) is 19.4 Å². The molecule has 0 aliphatic carbocycles. The number of oxazole rings is 1. The van der Waals surface area contributed by atoms with Crippen LogP contribution < -0.4 is 16.0 Å². The van der Waals surface area contributed by atoms with E-state index in [1.807, 2.05) is 18.2 Å². The van der Waals surface area contributed by atoms with Crippen molar-refractivity contribution in [2.75, 3.05) is 18.0 Å². The maximum Gasteiger partial charge on any atom is 0.419 e. The number of hydrogen-bond acceptors (Lipinski definition) is 6. The summed E-state index contributed by atoms with van der Waals surface area (Å²) in [5.74, 6) is 0.176. The summed E-state index contributed by atoms with van der Waals surface area (Å²) >= 11 is 0. The van der Waals surface area contributed by atoms with Crippen LogP contribution in [0.1, 0.15) is 19.3 Å². The number of aromatic nitrogens is 3. The summed E-state index contributed by atoms with van der Waals surface area (Å²) in [6, 6.07) is 9.05. The molecule has 140 valence electrons. The Bertz CT molecular complexity index is 982. The van der Waals surface area contributed by atoms with E-state index in [1.165, 1.54) is 4.57 Å². The van der Waals surface area contributed by atoms with E-state index in [0.29, 0.717) is 30.1 Å². The van der Waals surface area contributed by atoms with Gasteiger partial charge in [0.05, 0.1) is 5.52 Å². The number of para-hydroxylation sites is 2. The highest BCUT2D eigenvalue weighted by Gasteiger charge is 2.23. The van der Waals surface area contributed by atoms with Gasteiger partial charge in [-0.05, 0) is 31.0 Å². The monoisotopic (exact) mass is 367 g/mol. The predicted octanol–water partition coefficient (Wildman–Crippen LogP) is 1.56. The molecule has 1 amide bonds. The summed E-state index contributed by atoms with van der Waals surface area (Å²) in [4.78, 5) is 35.0. The molecule has 3 heterocycles. The molecular weight excluding hydrogens is 346 g/mol. The number of benzene rings is 1. The second-order valence-corrected chi connectivity index (χ2v) is 6.64. The largest absolute Gasteiger partial charge is 0.419 e. The van der Waals surface area contributed by atoms with Crippen LogP contribution in [0.25, 0.3) is 11.1 Å². The number of rotatable bonds is 5. The highest BCUT2D eigenvalue weighted by atomic mass is 16.4. The number of nitrogens with zero attached hydrogens (tertiary/aromatic N) is 4. The average molecular weight is 367 g/mol. The van der Waals surface area contributed by atoms with Crippen LogP contribution in [-0.4, -0.2) is 39.6 Å². The van der Waals surface area contributed by atoms with Crippen molar-refractivity contribution in [1.82, 2.24) is 19.9 Å². The van der Waals surface area contributed by atoms with Gasteiger partial charge in [-0.1, -0.05) is 12.1 Å². The highest BCUT2D eigenvalue weighted by Crippen LogP contribution is 2.16. The van der Waals surface area contributed by atoms with Gasteiger partial charge in [-0.25, -0.2) is 14.8 Å².